The van der Waals surface area contributed by atoms with Gasteiger partial charge in [-0.05, 0) is 22.9 Å². The number of carbonyl (C=O) groups is 1. The summed E-state index contributed by atoms with van der Waals surface area (Å²) in [6.07, 6.45) is 3.90. The van der Waals surface area contributed by atoms with Gasteiger partial charge < -0.3 is 4.74 Å². The molecular weight excluding hydrogens is 332 g/mol. The van der Waals surface area contributed by atoms with Crippen molar-refractivity contribution in [3.05, 3.63) is 44.8 Å². The van der Waals surface area contributed by atoms with E-state index in [-0.39, 0.29) is 17.9 Å². The van der Waals surface area contributed by atoms with Gasteiger partial charge in [-0.3, -0.25) is 10.1 Å². The monoisotopic (exact) mass is 340 g/mol. The number of nitrogens with zero attached hydrogens (tertiary/aromatic N) is 4. The minimum Gasteiger partial charge on any atom is -0.462 e. The maximum atomic E-state index is 11.5. The number of hydrogen-bond acceptors (Lipinski definition) is 6. The summed E-state index contributed by atoms with van der Waals surface area (Å²) in [6, 6.07) is 1.31. The highest BCUT2D eigenvalue weighted by atomic mass is 79.9. The van der Waals surface area contributed by atoms with Crippen molar-refractivity contribution in [2.75, 3.05) is 6.61 Å². The summed E-state index contributed by atoms with van der Waals surface area (Å²) in [5.74, 6) is -0.150. The van der Waals surface area contributed by atoms with E-state index in [2.05, 4.69) is 26.0 Å². The molecule has 0 aliphatic rings. The number of rotatable bonds is 4. The Morgan fingerprint density at radius 1 is 1.55 bits per heavy atom. The highest BCUT2D eigenvalue weighted by molar-refractivity contribution is 9.10. The second-order valence-electron chi connectivity index (χ2n) is 3.65. The average Bonchev–Trinajstić information content (AvgIpc) is 2.88. The van der Waals surface area contributed by atoms with Gasteiger partial charge in [0.15, 0.2) is 5.82 Å². The zero-order valence-corrected chi connectivity index (χ0v) is 11.9. The van der Waals surface area contributed by atoms with Crippen LogP contribution in [-0.4, -0.2) is 32.3 Å². The molecule has 2 aromatic heterocycles. The summed E-state index contributed by atoms with van der Waals surface area (Å²) in [6.45, 7) is 1.97. The van der Waals surface area contributed by atoms with Gasteiger partial charge in [-0.25, -0.2) is 14.5 Å². The van der Waals surface area contributed by atoms with Crippen molar-refractivity contribution < 1.29 is 14.5 Å². The van der Waals surface area contributed by atoms with Crippen LogP contribution in [0.3, 0.4) is 0 Å². The Hall–Kier alpha value is -2.29. The van der Waals surface area contributed by atoms with E-state index in [0.29, 0.717) is 10.3 Å². The normalized spacial score (nSPS) is 10.3. The molecule has 9 heteroatoms. The largest absolute Gasteiger partial charge is 0.462 e. The van der Waals surface area contributed by atoms with Gasteiger partial charge in [0.1, 0.15) is 6.20 Å². The molecule has 0 atom stereocenters. The third-order valence-electron chi connectivity index (χ3n) is 2.33. The average molecular weight is 341 g/mol. The first-order chi connectivity index (χ1) is 9.52. The van der Waals surface area contributed by atoms with E-state index in [1.54, 1.807) is 6.92 Å². The molecule has 2 aromatic rings. The standard InChI is InChI=1S/C11H9BrN4O4/c1-2-20-11(17)7-4-14-15(6-7)10-9(12)3-8(5-13-10)16(18)19/h3-6H,2H2,1H3. The van der Waals surface area contributed by atoms with Crippen LogP contribution in [0.2, 0.25) is 0 Å². The van der Waals surface area contributed by atoms with Crippen molar-refractivity contribution in [2.45, 2.75) is 6.92 Å². The Morgan fingerprint density at radius 3 is 2.90 bits per heavy atom. The van der Waals surface area contributed by atoms with E-state index in [1.807, 2.05) is 0 Å². The van der Waals surface area contributed by atoms with Crippen molar-refractivity contribution in [3.63, 3.8) is 0 Å². The molecule has 0 aliphatic carbocycles. The molecule has 0 saturated carbocycles. The first-order valence-corrected chi connectivity index (χ1v) is 6.34. The summed E-state index contributed by atoms with van der Waals surface area (Å²) >= 11 is 3.19. The Bertz CT molecular complexity index is 670. The van der Waals surface area contributed by atoms with E-state index in [1.165, 1.54) is 23.1 Å². The second kappa shape index (κ2) is 5.78. The van der Waals surface area contributed by atoms with Crippen molar-refractivity contribution >= 4 is 27.6 Å². The van der Waals surface area contributed by atoms with Crippen LogP contribution in [0.5, 0.6) is 0 Å². The van der Waals surface area contributed by atoms with Crippen LogP contribution < -0.4 is 0 Å². The fourth-order valence-corrected chi connectivity index (χ4v) is 1.97. The Labute approximate surface area is 121 Å². The SMILES string of the molecule is CCOC(=O)c1cnn(-c2ncc([N+](=O)[O-])cc2Br)c1. The minimum absolute atomic E-state index is 0.140. The third kappa shape index (κ3) is 2.82. The molecule has 0 fully saturated rings. The van der Waals surface area contributed by atoms with Crippen molar-refractivity contribution in [1.29, 1.82) is 0 Å². The maximum Gasteiger partial charge on any atom is 0.341 e. The van der Waals surface area contributed by atoms with Crippen molar-refractivity contribution in [2.24, 2.45) is 0 Å². The molecule has 0 saturated heterocycles. The number of ether oxygens (including phenoxy) is 1. The number of nitro groups is 1. The van der Waals surface area contributed by atoms with Gasteiger partial charge in [-0.1, -0.05) is 0 Å². The quantitative estimate of drug-likeness (QED) is 0.480. The highest BCUT2D eigenvalue weighted by Gasteiger charge is 2.15. The van der Waals surface area contributed by atoms with Crippen LogP contribution in [0.1, 0.15) is 17.3 Å². The van der Waals surface area contributed by atoms with Crippen LogP contribution in [0.4, 0.5) is 5.69 Å². The molecule has 0 amide bonds. The molecule has 0 radical (unpaired) electrons. The minimum atomic E-state index is -0.547. The topological polar surface area (TPSA) is 100 Å². The first-order valence-electron chi connectivity index (χ1n) is 5.55. The van der Waals surface area contributed by atoms with Crippen molar-refractivity contribution in [1.82, 2.24) is 14.8 Å². The highest BCUT2D eigenvalue weighted by Crippen LogP contribution is 2.23. The molecule has 104 valence electrons. The lowest BCUT2D eigenvalue weighted by Crippen LogP contribution is -2.04. The van der Waals surface area contributed by atoms with Gasteiger partial charge in [0, 0.05) is 12.3 Å². The fourth-order valence-electron chi connectivity index (χ4n) is 1.45. The molecule has 2 heterocycles. The van der Waals surface area contributed by atoms with Crippen molar-refractivity contribution in [3.8, 4) is 5.82 Å². The van der Waals surface area contributed by atoms with Gasteiger partial charge in [-0.2, -0.15) is 5.10 Å². The Balaban J connectivity index is 2.33. The molecule has 8 nitrogen and oxygen atoms in total. The second-order valence-corrected chi connectivity index (χ2v) is 4.50. The Morgan fingerprint density at radius 2 is 2.30 bits per heavy atom. The third-order valence-corrected chi connectivity index (χ3v) is 2.91. The molecular formula is C11H9BrN4O4. The summed E-state index contributed by atoms with van der Waals surface area (Å²) in [4.78, 5) is 25.5. The zero-order valence-electron chi connectivity index (χ0n) is 10.3. The van der Waals surface area contributed by atoms with Crippen LogP contribution in [0.25, 0.3) is 5.82 Å². The summed E-state index contributed by atoms with van der Waals surface area (Å²) in [5.41, 5.74) is 0.136. The number of hydrogen-bond donors (Lipinski definition) is 0. The van der Waals surface area contributed by atoms with Gasteiger partial charge in [0.25, 0.3) is 5.69 Å². The van der Waals surface area contributed by atoms with Crippen LogP contribution in [0, 0.1) is 10.1 Å². The summed E-state index contributed by atoms with van der Waals surface area (Å²) < 4.78 is 6.57. The molecule has 0 N–H and O–H groups in total. The predicted molar refractivity (Wildman–Crippen MR) is 71.7 cm³/mol. The Kier molecular flexibility index (Phi) is 4.08. The fraction of sp³-hybridized carbons (Fsp3) is 0.182. The lowest BCUT2D eigenvalue weighted by atomic mass is 10.4. The lowest BCUT2D eigenvalue weighted by Gasteiger charge is -2.02. The van der Waals surface area contributed by atoms with Gasteiger partial charge >= 0.3 is 5.97 Å². The zero-order chi connectivity index (χ0) is 14.7. The van der Waals surface area contributed by atoms with Gasteiger partial charge in [0.05, 0.1) is 27.8 Å². The number of aromatic nitrogens is 3. The van der Waals surface area contributed by atoms with Gasteiger partial charge in [-0.15, -0.1) is 0 Å². The maximum absolute atomic E-state index is 11.5. The van der Waals surface area contributed by atoms with E-state index < -0.39 is 10.9 Å². The predicted octanol–water partition coefficient (Wildman–Crippen LogP) is 2.11. The first kappa shape index (κ1) is 14.1. The number of halogens is 1. The summed E-state index contributed by atoms with van der Waals surface area (Å²) in [5, 5.41) is 14.6. The number of carbonyl (C=O) groups excluding carboxylic acids is 1. The van der Waals surface area contributed by atoms with E-state index >= 15 is 0 Å². The molecule has 0 spiro atoms. The number of esters is 1. The molecule has 0 aromatic carbocycles. The number of pyridine rings is 1. The molecule has 0 unspecified atom stereocenters. The summed E-state index contributed by atoms with van der Waals surface area (Å²) in [7, 11) is 0. The van der Waals surface area contributed by atoms with Crippen LogP contribution >= 0.6 is 15.9 Å². The van der Waals surface area contributed by atoms with E-state index in [0.717, 1.165) is 6.20 Å². The van der Waals surface area contributed by atoms with Crippen LogP contribution in [0.15, 0.2) is 29.1 Å². The van der Waals surface area contributed by atoms with E-state index in [9.17, 15) is 14.9 Å². The molecule has 2 rings (SSSR count). The smallest absolute Gasteiger partial charge is 0.341 e. The van der Waals surface area contributed by atoms with Gasteiger partial charge in [0.2, 0.25) is 0 Å². The van der Waals surface area contributed by atoms with Crippen LogP contribution in [-0.2, 0) is 4.74 Å². The molecule has 20 heavy (non-hydrogen) atoms. The molecule has 0 aliphatic heterocycles. The van der Waals surface area contributed by atoms with E-state index in [4.69, 9.17) is 4.74 Å². The molecule has 0 bridgehead atoms. The lowest BCUT2D eigenvalue weighted by molar-refractivity contribution is -0.385.